The fourth-order valence-electron chi connectivity index (χ4n) is 4.60. The summed E-state index contributed by atoms with van der Waals surface area (Å²) < 4.78 is 90.2. The molecule has 1 N–H and O–H groups in total. The molecule has 2 saturated heterocycles. The third kappa shape index (κ3) is 5.52. The molecule has 4 rings (SSSR count). The number of nitrogens with one attached hydrogen (secondary N) is 1. The van der Waals surface area contributed by atoms with Crippen LogP contribution >= 0.6 is 0 Å². The molecule has 3 atom stereocenters. The van der Waals surface area contributed by atoms with Crippen LogP contribution in [0.4, 0.5) is 17.6 Å². The minimum Gasteiger partial charge on any atom is -0.368 e. The van der Waals surface area contributed by atoms with Gasteiger partial charge in [0.1, 0.15) is 23.8 Å². The van der Waals surface area contributed by atoms with Gasteiger partial charge in [0.15, 0.2) is 0 Å². The summed E-state index contributed by atoms with van der Waals surface area (Å²) >= 11 is 0. The largest absolute Gasteiger partial charge is 0.368 e. The average Bonchev–Trinajstić information content (AvgIpc) is 3.43. The Labute approximate surface area is 201 Å². The molecular weight excluding hydrogens is 488 g/mol. The summed E-state index contributed by atoms with van der Waals surface area (Å²) in [5.41, 5.74) is 0.783. The number of carbonyl (C=O) groups excluding carboxylic acids is 1. The van der Waals surface area contributed by atoms with Gasteiger partial charge in [0.05, 0.1) is 18.3 Å². The Bertz CT molecular complexity index is 1200. The molecule has 0 unspecified atom stereocenters. The van der Waals surface area contributed by atoms with Crippen molar-refractivity contribution in [3.8, 4) is 11.1 Å². The van der Waals surface area contributed by atoms with E-state index in [1.807, 2.05) is 0 Å². The molecule has 2 aliphatic heterocycles. The molecule has 0 bridgehead atoms. The lowest BCUT2D eigenvalue weighted by Crippen LogP contribution is -2.53. The fraction of sp³-hybridized carbons (Fsp3) is 0.458. The highest BCUT2D eigenvalue weighted by atomic mass is 32.2. The number of hydrogen-bond acceptors (Lipinski definition) is 4. The van der Waals surface area contributed by atoms with Gasteiger partial charge in [-0.2, -0.15) is 0 Å². The summed E-state index contributed by atoms with van der Waals surface area (Å²) in [4.78, 5) is 14.1. The van der Waals surface area contributed by atoms with Crippen molar-refractivity contribution < 1.29 is 35.5 Å². The molecule has 6 nitrogen and oxygen atoms in total. The standard InChI is InChI=1S/C24H26F4N2O4S/c1-2-35(32,33)29-22-20(30(14-24(22,27)28)23(31)21-7-4-10-34-21)12-15-5-3-6-16(11-15)18-13-17(25)8-9-19(18)26/h3,5-6,8-9,11,13,20-22,29H,2,4,7,10,12,14H2,1H3/t20-,21+,22+/m0/s1. The number of nitrogens with zero attached hydrogens (tertiary/aromatic N) is 1. The molecular formula is C24H26F4N2O4S. The lowest BCUT2D eigenvalue weighted by Gasteiger charge is -2.30. The summed E-state index contributed by atoms with van der Waals surface area (Å²) in [7, 11) is -4.02. The molecule has 0 spiro atoms. The number of hydrogen-bond donors (Lipinski definition) is 1. The maximum atomic E-state index is 15.1. The Hall–Kier alpha value is -2.50. The predicted octanol–water partition coefficient (Wildman–Crippen LogP) is 3.51. The summed E-state index contributed by atoms with van der Waals surface area (Å²) in [6.07, 6.45) is 0.0316. The number of sulfonamides is 1. The van der Waals surface area contributed by atoms with Gasteiger partial charge in [0.25, 0.3) is 11.8 Å². The first-order valence-electron chi connectivity index (χ1n) is 11.3. The fourth-order valence-corrected chi connectivity index (χ4v) is 5.48. The topological polar surface area (TPSA) is 75.7 Å². The number of benzene rings is 2. The Morgan fingerprint density at radius 3 is 2.66 bits per heavy atom. The number of likely N-dealkylation sites (tertiary alicyclic amines) is 1. The maximum absolute atomic E-state index is 15.1. The third-order valence-electron chi connectivity index (χ3n) is 6.41. The Kier molecular flexibility index (Phi) is 7.21. The zero-order valence-corrected chi connectivity index (χ0v) is 19.8. The Balaban J connectivity index is 1.70. The van der Waals surface area contributed by atoms with Crippen LogP contribution in [0, 0.1) is 11.6 Å². The van der Waals surface area contributed by atoms with Crippen molar-refractivity contribution in [2.45, 2.75) is 50.3 Å². The lowest BCUT2D eigenvalue weighted by atomic mass is 9.95. The molecule has 2 aliphatic rings. The number of halogens is 4. The van der Waals surface area contributed by atoms with Crippen LogP contribution in [-0.2, 0) is 26.0 Å². The summed E-state index contributed by atoms with van der Waals surface area (Å²) in [6, 6.07) is 6.20. The smallest absolute Gasteiger partial charge is 0.283 e. The molecule has 2 aromatic carbocycles. The first kappa shape index (κ1) is 25.6. The van der Waals surface area contributed by atoms with Crippen LogP contribution in [0.1, 0.15) is 25.3 Å². The van der Waals surface area contributed by atoms with Crippen LogP contribution < -0.4 is 4.72 Å². The van der Waals surface area contributed by atoms with Crippen molar-refractivity contribution in [2.75, 3.05) is 18.9 Å². The Morgan fingerprint density at radius 1 is 1.20 bits per heavy atom. The number of amides is 1. The van der Waals surface area contributed by atoms with E-state index in [1.54, 1.807) is 18.2 Å². The SMILES string of the molecule is CCS(=O)(=O)N[C@@H]1[C@H](Cc2cccc(-c3cc(F)ccc3F)c2)N(C(=O)[C@H]2CCCO2)CC1(F)F. The molecule has 1 amide bonds. The second-order valence-corrected chi connectivity index (χ2v) is 10.9. The first-order valence-corrected chi connectivity index (χ1v) is 13.0. The third-order valence-corrected chi connectivity index (χ3v) is 7.78. The molecule has 11 heteroatoms. The number of ether oxygens (including phenoxy) is 1. The van der Waals surface area contributed by atoms with E-state index < -0.39 is 64.0 Å². The summed E-state index contributed by atoms with van der Waals surface area (Å²) in [5.74, 6) is -5.82. The molecule has 2 aromatic rings. The number of alkyl halides is 2. The van der Waals surface area contributed by atoms with Crippen molar-refractivity contribution >= 4 is 15.9 Å². The van der Waals surface area contributed by atoms with Gasteiger partial charge in [0, 0.05) is 12.2 Å². The van der Waals surface area contributed by atoms with Gasteiger partial charge in [-0.25, -0.2) is 30.7 Å². The summed E-state index contributed by atoms with van der Waals surface area (Å²) in [6.45, 7) is 0.723. The second-order valence-electron chi connectivity index (χ2n) is 8.82. The maximum Gasteiger partial charge on any atom is 0.283 e. The molecule has 35 heavy (non-hydrogen) atoms. The van der Waals surface area contributed by atoms with Crippen LogP contribution in [-0.4, -0.2) is 62.2 Å². The van der Waals surface area contributed by atoms with Gasteiger partial charge < -0.3 is 9.64 Å². The van der Waals surface area contributed by atoms with Crippen molar-refractivity contribution in [2.24, 2.45) is 0 Å². The van der Waals surface area contributed by atoms with Crippen molar-refractivity contribution in [1.82, 2.24) is 9.62 Å². The van der Waals surface area contributed by atoms with E-state index in [0.29, 0.717) is 30.6 Å². The molecule has 0 aromatic heterocycles. The second kappa shape index (κ2) is 9.87. The molecule has 0 aliphatic carbocycles. The number of rotatable bonds is 7. The van der Waals surface area contributed by atoms with Crippen LogP contribution in [0.15, 0.2) is 42.5 Å². The molecule has 0 radical (unpaired) electrons. The van der Waals surface area contributed by atoms with Gasteiger partial charge in [-0.05, 0) is 55.5 Å². The highest BCUT2D eigenvalue weighted by molar-refractivity contribution is 7.89. The summed E-state index contributed by atoms with van der Waals surface area (Å²) in [5, 5.41) is 0. The quantitative estimate of drug-likeness (QED) is 0.574. The van der Waals surface area contributed by atoms with E-state index in [-0.39, 0.29) is 12.0 Å². The van der Waals surface area contributed by atoms with Crippen molar-refractivity contribution in [1.29, 1.82) is 0 Å². The molecule has 2 heterocycles. The van der Waals surface area contributed by atoms with E-state index in [0.717, 1.165) is 23.1 Å². The van der Waals surface area contributed by atoms with Gasteiger partial charge in [-0.3, -0.25) is 4.79 Å². The van der Waals surface area contributed by atoms with Crippen molar-refractivity contribution in [3.05, 3.63) is 59.7 Å². The minimum atomic E-state index is -4.02. The monoisotopic (exact) mass is 514 g/mol. The van der Waals surface area contributed by atoms with Crippen molar-refractivity contribution in [3.63, 3.8) is 0 Å². The highest BCUT2D eigenvalue weighted by Gasteiger charge is 2.57. The Morgan fingerprint density at radius 2 is 1.97 bits per heavy atom. The van der Waals surface area contributed by atoms with Gasteiger partial charge in [0.2, 0.25) is 10.0 Å². The van der Waals surface area contributed by atoms with E-state index in [2.05, 4.69) is 4.72 Å². The zero-order valence-electron chi connectivity index (χ0n) is 19.0. The first-order chi connectivity index (χ1) is 16.5. The molecule has 2 fully saturated rings. The van der Waals surface area contributed by atoms with Crippen LogP contribution in [0.25, 0.3) is 11.1 Å². The van der Waals surface area contributed by atoms with Gasteiger partial charge in [-0.15, -0.1) is 0 Å². The van der Waals surface area contributed by atoms with Crippen LogP contribution in [0.5, 0.6) is 0 Å². The highest BCUT2D eigenvalue weighted by Crippen LogP contribution is 2.37. The van der Waals surface area contributed by atoms with Crippen LogP contribution in [0.3, 0.4) is 0 Å². The predicted molar refractivity (Wildman–Crippen MR) is 121 cm³/mol. The molecule has 190 valence electrons. The minimum absolute atomic E-state index is 0.000810. The van der Waals surface area contributed by atoms with E-state index in [4.69, 9.17) is 4.74 Å². The average molecular weight is 515 g/mol. The normalized spacial score (nSPS) is 24.1. The lowest BCUT2D eigenvalue weighted by molar-refractivity contribution is -0.143. The van der Waals surface area contributed by atoms with E-state index in [1.165, 1.54) is 13.0 Å². The van der Waals surface area contributed by atoms with E-state index in [9.17, 15) is 22.0 Å². The molecule has 0 saturated carbocycles. The van der Waals surface area contributed by atoms with Gasteiger partial charge in [-0.1, -0.05) is 24.3 Å². The number of carbonyl (C=O) groups is 1. The van der Waals surface area contributed by atoms with Crippen LogP contribution in [0.2, 0.25) is 0 Å². The zero-order chi connectivity index (χ0) is 25.4. The van der Waals surface area contributed by atoms with E-state index >= 15 is 8.78 Å². The van der Waals surface area contributed by atoms with Gasteiger partial charge >= 0.3 is 0 Å².